The van der Waals surface area contributed by atoms with Crippen molar-refractivity contribution in [2.45, 2.75) is 18.6 Å². The summed E-state index contributed by atoms with van der Waals surface area (Å²) in [4.78, 5) is 13.8. The lowest BCUT2D eigenvalue weighted by Crippen LogP contribution is -2.43. The van der Waals surface area contributed by atoms with Gasteiger partial charge in [0, 0.05) is 32.8 Å². The summed E-state index contributed by atoms with van der Waals surface area (Å²) in [6, 6.07) is 7.68. The van der Waals surface area contributed by atoms with Gasteiger partial charge in [0.1, 0.15) is 6.04 Å². The lowest BCUT2D eigenvalue weighted by atomic mass is 10.1. The Kier molecular flexibility index (Phi) is 4.39. The van der Waals surface area contributed by atoms with E-state index in [2.05, 4.69) is 5.32 Å². The molecule has 1 heterocycles. The summed E-state index contributed by atoms with van der Waals surface area (Å²) in [5.41, 5.74) is 2.18. The molecule has 0 saturated heterocycles. The SMILES string of the molecule is COCC(O)CN(C)C(=O)[C@@H]1Cc2ccccc2N1. The summed E-state index contributed by atoms with van der Waals surface area (Å²) in [5, 5.41) is 12.9. The van der Waals surface area contributed by atoms with E-state index >= 15 is 0 Å². The van der Waals surface area contributed by atoms with Crippen molar-refractivity contribution in [3.05, 3.63) is 29.8 Å². The summed E-state index contributed by atoms with van der Waals surface area (Å²) in [6.07, 6.45) is 0.0439. The predicted molar refractivity (Wildman–Crippen MR) is 73.1 cm³/mol. The maximum atomic E-state index is 12.3. The molecule has 5 heteroatoms. The van der Waals surface area contributed by atoms with E-state index in [0.29, 0.717) is 6.42 Å². The van der Waals surface area contributed by atoms with E-state index in [0.717, 1.165) is 11.3 Å². The number of ether oxygens (including phenoxy) is 1. The van der Waals surface area contributed by atoms with Crippen LogP contribution in [0.25, 0.3) is 0 Å². The van der Waals surface area contributed by atoms with Crippen LogP contribution in [0.1, 0.15) is 5.56 Å². The molecule has 0 saturated carbocycles. The van der Waals surface area contributed by atoms with Gasteiger partial charge in [-0.15, -0.1) is 0 Å². The number of carbonyl (C=O) groups excluding carboxylic acids is 1. The summed E-state index contributed by atoms with van der Waals surface area (Å²) >= 11 is 0. The molecule has 1 aromatic rings. The minimum Gasteiger partial charge on any atom is -0.389 e. The highest BCUT2D eigenvalue weighted by molar-refractivity contribution is 5.87. The molecule has 0 fully saturated rings. The average Bonchev–Trinajstić information content (AvgIpc) is 2.81. The molecule has 0 bridgehead atoms. The van der Waals surface area contributed by atoms with E-state index in [1.54, 1.807) is 11.9 Å². The number of amides is 1. The van der Waals surface area contributed by atoms with Crippen molar-refractivity contribution < 1.29 is 14.6 Å². The number of para-hydroxylation sites is 1. The van der Waals surface area contributed by atoms with Crippen molar-refractivity contribution >= 4 is 11.6 Å². The maximum Gasteiger partial charge on any atom is 0.245 e. The first kappa shape index (κ1) is 13.8. The molecule has 2 N–H and O–H groups in total. The molecule has 0 radical (unpaired) electrons. The van der Waals surface area contributed by atoms with E-state index in [9.17, 15) is 9.90 Å². The van der Waals surface area contributed by atoms with Crippen molar-refractivity contribution in [3.63, 3.8) is 0 Å². The molecular formula is C14H20N2O3. The third kappa shape index (κ3) is 3.24. The number of anilines is 1. The van der Waals surface area contributed by atoms with Gasteiger partial charge >= 0.3 is 0 Å². The molecule has 1 amide bonds. The zero-order chi connectivity index (χ0) is 13.8. The van der Waals surface area contributed by atoms with Gasteiger partial charge in [-0.05, 0) is 11.6 Å². The van der Waals surface area contributed by atoms with Crippen LogP contribution in [0.3, 0.4) is 0 Å². The third-order valence-corrected chi connectivity index (χ3v) is 3.29. The second-order valence-electron chi connectivity index (χ2n) is 4.89. The van der Waals surface area contributed by atoms with Gasteiger partial charge in [0.15, 0.2) is 0 Å². The Bertz CT molecular complexity index is 425. The van der Waals surface area contributed by atoms with Gasteiger partial charge in [0.2, 0.25) is 5.91 Å². The molecule has 2 atom stereocenters. The van der Waals surface area contributed by atoms with Crippen LogP contribution in [0.5, 0.6) is 0 Å². The van der Waals surface area contributed by atoms with Gasteiger partial charge in [-0.2, -0.15) is 0 Å². The van der Waals surface area contributed by atoms with Crippen molar-refractivity contribution in [2.75, 3.05) is 32.6 Å². The van der Waals surface area contributed by atoms with Gasteiger partial charge < -0.3 is 20.1 Å². The molecule has 104 valence electrons. The molecule has 0 spiro atoms. The minimum absolute atomic E-state index is 0.00801. The summed E-state index contributed by atoms with van der Waals surface area (Å²) in [7, 11) is 3.23. The van der Waals surface area contributed by atoms with Crippen molar-refractivity contribution in [3.8, 4) is 0 Å². The number of hydrogen-bond donors (Lipinski definition) is 2. The number of aliphatic hydroxyl groups excluding tert-OH is 1. The number of likely N-dealkylation sites (N-methyl/N-ethyl adjacent to an activating group) is 1. The fourth-order valence-corrected chi connectivity index (χ4v) is 2.36. The lowest BCUT2D eigenvalue weighted by Gasteiger charge is -2.23. The molecule has 5 nitrogen and oxygen atoms in total. The first-order valence-corrected chi connectivity index (χ1v) is 6.38. The number of aliphatic hydroxyl groups is 1. The number of methoxy groups -OCH3 is 1. The Morgan fingerprint density at radius 3 is 3.00 bits per heavy atom. The molecule has 1 unspecified atom stereocenters. The topological polar surface area (TPSA) is 61.8 Å². The average molecular weight is 264 g/mol. The number of fused-ring (bicyclic) bond motifs is 1. The van der Waals surface area contributed by atoms with Crippen LogP contribution in [0, 0.1) is 0 Å². The summed E-state index contributed by atoms with van der Waals surface area (Å²) in [6.45, 7) is 0.511. The first-order chi connectivity index (χ1) is 9.11. The minimum atomic E-state index is -0.650. The lowest BCUT2D eigenvalue weighted by molar-refractivity contribution is -0.132. The van der Waals surface area contributed by atoms with Crippen LogP contribution in [0.4, 0.5) is 5.69 Å². The second kappa shape index (κ2) is 6.04. The second-order valence-corrected chi connectivity index (χ2v) is 4.89. The third-order valence-electron chi connectivity index (χ3n) is 3.29. The largest absolute Gasteiger partial charge is 0.389 e. The van der Waals surface area contributed by atoms with E-state index in [1.807, 2.05) is 24.3 Å². The summed E-state index contributed by atoms with van der Waals surface area (Å²) in [5.74, 6) is -0.00801. The zero-order valence-electron chi connectivity index (χ0n) is 11.3. The molecule has 0 aliphatic carbocycles. The molecule has 1 aromatic carbocycles. The Morgan fingerprint density at radius 2 is 2.32 bits per heavy atom. The molecule has 0 aromatic heterocycles. The smallest absolute Gasteiger partial charge is 0.245 e. The van der Waals surface area contributed by atoms with Crippen LogP contribution in [-0.4, -0.2) is 55.4 Å². The van der Waals surface area contributed by atoms with Gasteiger partial charge in [-0.3, -0.25) is 4.79 Å². The number of carbonyl (C=O) groups is 1. The Hall–Kier alpha value is -1.59. The van der Waals surface area contributed by atoms with Gasteiger partial charge in [-0.1, -0.05) is 18.2 Å². The van der Waals surface area contributed by atoms with Crippen LogP contribution in [0.2, 0.25) is 0 Å². The van der Waals surface area contributed by atoms with Crippen LogP contribution in [-0.2, 0) is 16.0 Å². The fraction of sp³-hybridized carbons (Fsp3) is 0.500. The van der Waals surface area contributed by atoms with E-state index in [1.165, 1.54) is 7.11 Å². The molecule has 19 heavy (non-hydrogen) atoms. The predicted octanol–water partition coefficient (Wildman–Crippen LogP) is 0.489. The van der Waals surface area contributed by atoms with E-state index in [4.69, 9.17) is 4.74 Å². The molecule has 1 aliphatic heterocycles. The zero-order valence-corrected chi connectivity index (χ0v) is 11.3. The number of nitrogens with zero attached hydrogens (tertiary/aromatic N) is 1. The molecule has 2 rings (SSSR count). The maximum absolute atomic E-state index is 12.3. The highest BCUT2D eigenvalue weighted by atomic mass is 16.5. The highest BCUT2D eigenvalue weighted by Gasteiger charge is 2.29. The van der Waals surface area contributed by atoms with Crippen molar-refractivity contribution in [2.24, 2.45) is 0 Å². The van der Waals surface area contributed by atoms with Crippen molar-refractivity contribution in [1.29, 1.82) is 0 Å². The first-order valence-electron chi connectivity index (χ1n) is 6.38. The van der Waals surface area contributed by atoms with E-state index < -0.39 is 6.10 Å². The normalized spacial score (nSPS) is 18.6. The van der Waals surface area contributed by atoms with Crippen LogP contribution < -0.4 is 5.32 Å². The van der Waals surface area contributed by atoms with Crippen molar-refractivity contribution in [1.82, 2.24) is 4.90 Å². The number of benzene rings is 1. The van der Waals surface area contributed by atoms with Gasteiger partial charge in [0.05, 0.1) is 12.7 Å². The molecule has 1 aliphatic rings. The quantitative estimate of drug-likeness (QED) is 0.812. The van der Waals surface area contributed by atoms with E-state index in [-0.39, 0.29) is 25.1 Å². The summed E-state index contributed by atoms with van der Waals surface area (Å²) < 4.78 is 4.86. The Labute approximate surface area is 113 Å². The Morgan fingerprint density at radius 1 is 1.58 bits per heavy atom. The standard InChI is InChI=1S/C14H20N2O3/c1-16(8-11(17)9-19-2)14(18)13-7-10-5-3-4-6-12(10)15-13/h3-6,11,13,15,17H,7-9H2,1-2H3/t11?,13-/m0/s1. The van der Waals surface area contributed by atoms with Crippen LogP contribution >= 0.6 is 0 Å². The molecular weight excluding hydrogens is 244 g/mol. The number of nitrogens with one attached hydrogen (secondary N) is 1. The number of rotatable bonds is 5. The fourth-order valence-electron chi connectivity index (χ4n) is 2.36. The Balaban J connectivity index is 1.91. The van der Waals surface area contributed by atoms with Gasteiger partial charge in [0.25, 0.3) is 0 Å². The number of hydrogen-bond acceptors (Lipinski definition) is 4. The highest BCUT2D eigenvalue weighted by Crippen LogP contribution is 2.25. The van der Waals surface area contributed by atoms with Gasteiger partial charge in [-0.25, -0.2) is 0 Å². The van der Waals surface area contributed by atoms with Crippen LogP contribution in [0.15, 0.2) is 24.3 Å². The monoisotopic (exact) mass is 264 g/mol.